The van der Waals surface area contributed by atoms with Gasteiger partial charge in [0.2, 0.25) is 0 Å². The molecule has 1 rings (SSSR count). The van der Waals surface area contributed by atoms with Crippen molar-refractivity contribution in [3.8, 4) is 0 Å². The first-order chi connectivity index (χ1) is 8.59. The van der Waals surface area contributed by atoms with Crippen LogP contribution >= 0.6 is 0 Å². The SMILES string of the molecule is CCC(C)[c-]1cccc1.CCO.CCO.CCO.[Zr]. The van der Waals surface area contributed by atoms with Gasteiger partial charge in [-0.05, 0) is 20.8 Å². The number of aliphatic hydroxyl groups excluding tert-OH is 3. The number of hydrogen-bond donors (Lipinski definition) is 3. The Balaban J connectivity index is -0.0000000956. The molecule has 19 heavy (non-hydrogen) atoms. The Labute approximate surface area is 138 Å². The number of hydrogen-bond acceptors (Lipinski definition) is 3. The van der Waals surface area contributed by atoms with Crippen LogP contribution in [0.1, 0.15) is 52.5 Å². The van der Waals surface area contributed by atoms with Gasteiger partial charge in [-0.2, -0.15) is 17.7 Å². The standard InChI is InChI=1S/C9H13.3C2H6O.Zr/c1-3-8(2)9-6-4-5-7-9;3*1-2-3;/h4-8H,3H2,1-2H3;3*3H,2H2,1H3;/q-1;;;;. The molecule has 0 aliphatic carbocycles. The summed E-state index contributed by atoms with van der Waals surface area (Å²) in [5.74, 6) is 0.736. The average Bonchev–Trinajstić information content (AvgIpc) is 2.85. The van der Waals surface area contributed by atoms with Crippen molar-refractivity contribution in [1.29, 1.82) is 0 Å². The molecule has 3 nitrogen and oxygen atoms in total. The second-order valence-corrected chi connectivity index (χ2v) is 3.48. The molecule has 1 aromatic carbocycles. The van der Waals surface area contributed by atoms with E-state index >= 15 is 0 Å². The van der Waals surface area contributed by atoms with Gasteiger partial charge in [-0.15, -0.1) is 0 Å². The van der Waals surface area contributed by atoms with Crippen molar-refractivity contribution in [2.24, 2.45) is 0 Å². The summed E-state index contributed by atoms with van der Waals surface area (Å²) in [6, 6.07) is 8.57. The largest absolute Gasteiger partial charge is 0.397 e. The molecule has 3 N–H and O–H groups in total. The molecule has 0 bridgehead atoms. The molecule has 0 aliphatic heterocycles. The molecule has 0 fully saturated rings. The number of aliphatic hydroxyl groups is 3. The van der Waals surface area contributed by atoms with Gasteiger partial charge in [-0.3, -0.25) is 0 Å². The van der Waals surface area contributed by atoms with Gasteiger partial charge in [-0.25, -0.2) is 12.1 Å². The van der Waals surface area contributed by atoms with Crippen LogP contribution in [-0.2, 0) is 26.2 Å². The van der Waals surface area contributed by atoms with Gasteiger partial charge >= 0.3 is 0 Å². The maximum Gasteiger partial charge on any atom is 0.0402 e. The van der Waals surface area contributed by atoms with Gasteiger partial charge in [0, 0.05) is 46.0 Å². The average molecular weight is 351 g/mol. The third-order valence-electron chi connectivity index (χ3n) is 1.87. The smallest absolute Gasteiger partial charge is 0.0402 e. The normalized spacial score (nSPS) is 9.26. The molecular formula is C15H31O3Zr-. The van der Waals surface area contributed by atoms with Gasteiger partial charge in [-0.1, -0.05) is 26.2 Å². The van der Waals surface area contributed by atoms with E-state index in [0.717, 1.165) is 5.92 Å². The van der Waals surface area contributed by atoms with E-state index in [1.165, 1.54) is 12.0 Å². The Morgan fingerprint density at radius 2 is 1.11 bits per heavy atom. The third-order valence-corrected chi connectivity index (χ3v) is 1.87. The van der Waals surface area contributed by atoms with Crippen LogP contribution in [0.4, 0.5) is 0 Å². The summed E-state index contributed by atoms with van der Waals surface area (Å²) < 4.78 is 0. The van der Waals surface area contributed by atoms with E-state index in [9.17, 15) is 0 Å². The Hall–Kier alpha value is 0.113. The summed E-state index contributed by atoms with van der Waals surface area (Å²) in [5.41, 5.74) is 1.47. The summed E-state index contributed by atoms with van der Waals surface area (Å²) in [6.07, 6.45) is 1.24. The van der Waals surface area contributed by atoms with Gasteiger partial charge in [0.15, 0.2) is 0 Å². The van der Waals surface area contributed by atoms with E-state index in [4.69, 9.17) is 15.3 Å². The molecule has 4 heteroatoms. The topological polar surface area (TPSA) is 60.7 Å². The molecule has 0 saturated carbocycles. The summed E-state index contributed by atoms with van der Waals surface area (Å²) in [4.78, 5) is 0. The minimum atomic E-state index is 0. The fourth-order valence-electron chi connectivity index (χ4n) is 0.953. The van der Waals surface area contributed by atoms with E-state index in [-0.39, 0.29) is 46.0 Å². The van der Waals surface area contributed by atoms with Crippen molar-refractivity contribution < 1.29 is 41.5 Å². The first kappa shape index (κ1) is 27.5. The summed E-state index contributed by atoms with van der Waals surface area (Å²) >= 11 is 0. The van der Waals surface area contributed by atoms with E-state index in [0.29, 0.717) is 0 Å². The van der Waals surface area contributed by atoms with E-state index in [1.54, 1.807) is 20.8 Å². The zero-order valence-electron chi connectivity index (χ0n) is 13.1. The zero-order valence-corrected chi connectivity index (χ0v) is 15.5. The molecule has 0 amide bonds. The van der Waals surface area contributed by atoms with Crippen molar-refractivity contribution in [3.63, 3.8) is 0 Å². The monoisotopic (exact) mass is 349 g/mol. The van der Waals surface area contributed by atoms with Crippen molar-refractivity contribution in [2.75, 3.05) is 19.8 Å². The van der Waals surface area contributed by atoms with Crippen molar-refractivity contribution >= 4 is 0 Å². The summed E-state index contributed by atoms with van der Waals surface area (Å²) in [5, 5.41) is 22.7. The summed E-state index contributed by atoms with van der Waals surface area (Å²) in [6.45, 7) is 10.3. The van der Waals surface area contributed by atoms with Gasteiger partial charge in [0.25, 0.3) is 0 Å². The van der Waals surface area contributed by atoms with E-state index < -0.39 is 0 Å². The Kier molecular flexibility index (Phi) is 38.5. The van der Waals surface area contributed by atoms with E-state index in [2.05, 4.69) is 38.1 Å². The second kappa shape index (κ2) is 26.6. The minimum absolute atomic E-state index is 0. The van der Waals surface area contributed by atoms with Crippen LogP contribution in [0.25, 0.3) is 0 Å². The van der Waals surface area contributed by atoms with Crippen LogP contribution < -0.4 is 0 Å². The van der Waals surface area contributed by atoms with Gasteiger partial charge in [0.1, 0.15) is 0 Å². The number of rotatable bonds is 2. The molecule has 1 aromatic rings. The van der Waals surface area contributed by atoms with Gasteiger partial charge < -0.3 is 15.3 Å². The third kappa shape index (κ3) is 27.3. The Morgan fingerprint density at radius 1 is 0.842 bits per heavy atom. The van der Waals surface area contributed by atoms with Crippen molar-refractivity contribution in [1.82, 2.24) is 0 Å². The molecular weight excluding hydrogens is 319 g/mol. The van der Waals surface area contributed by atoms with Crippen LogP contribution in [0, 0.1) is 0 Å². The fraction of sp³-hybridized carbons (Fsp3) is 0.667. The van der Waals surface area contributed by atoms with Gasteiger partial charge in [0.05, 0.1) is 0 Å². The first-order valence-electron chi connectivity index (χ1n) is 6.63. The predicted molar refractivity (Wildman–Crippen MR) is 79.0 cm³/mol. The molecule has 0 saturated heterocycles. The predicted octanol–water partition coefficient (Wildman–Crippen LogP) is 2.91. The Bertz CT molecular complexity index is 196. The van der Waals surface area contributed by atoms with Crippen molar-refractivity contribution in [2.45, 2.75) is 47.0 Å². The van der Waals surface area contributed by atoms with Crippen LogP contribution in [0.2, 0.25) is 0 Å². The molecule has 0 aliphatic rings. The maximum atomic E-state index is 7.57. The molecule has 0 spiro atoms. The first-order valence-corrected chi connectivity index (χ1v) is 6.63. The molecule has 0 radical (unpaired) electrons. The molecule has 1 unspecified atom stereocenters. The molecule has 1 atom stereocenters. The second-order valence-electron chi connectivity index (χ2n) is 3.48. The van der Waals surface area contributed by atoms with E-state index in [1.807, 2.05) is 0 Å². The van der Waals surface area contributed by atoms with Crippen molar-refractivity contribution in [3.05, 3.63) is 29.8 Å². The molecule has 114 valence electrons. The fourth-order valence-corrected chi connectivity index (χ4v) is 0.953. The minimum Gasteiger partial charge on any atom is -0.397 e. The quantitative estimate of drug-likeness (QED) is 0.719. The van der Waals surface area contributed by atoms with Crippen LogP contribution in [-0.4, -0.2) is 35.1 Å². The van der Waals surface area contributed by atoms with Crippen LogP contribution in [0.3, 0.4) is 0 Å². The maximum absolute atomic E-state index is 7.57. The Morgan fingerprint density at radius 3 is 1.32 bits per heavy atom. The zero-order chi connectivity index (χ0) is 14.8. The molecule has 0 heterocycles. The van der Waals surface area contributed by atoms with Crippen LogP contribution in [0.5, 0.6) is 0 Å². The molecule has 0 aromatic heterocycles. The summed E-state index contributed by atoms with van der Waals surface area (Å²) in [7, 11) is 0. The van der Waals surface area contributed by atoms with Crippen LogP contribution in [0.15, 0.2) is 24.3 Å².